The van der Waals surface area contributed by atoms with Crippen LogP contribution in [0.2, 0.25) is 0 Å². The monoisotopic (exact) mass is 483 g/mol. The molecular formula is C28H25N3O5. The van der Waals surface area contributed by atoms with Crippen LogP contribution in [-0.4, -0.2) is 30.9 Å². The first kappa shape index (κ1) is 24.3. The largest absolute Gasteiger partial charge is 0.495 e. The van der Waals surface area contributed by atoms with E-state index in [1.54, 1.807) is 48.5 Å². The number of anilines is 2. The third-order valence-electron chi connectivity index (χ3n) is 5.42. The number of furan rings is 1. The van der Waals surface area contributed by atoms with E-state index in [1.807, 2.05) is 36.4 Å². The third kappa shape index (κ3) is 6.18. The molecule has 8 nitrogen and oxygen atoms in total. The smallest absolute Gasteiger partial charge is 0.287 e. The van der Waals surface area contributed by atoms with Crippen LogP contribution in [0, 0.1) is 0 Å². The van der Waals surface area contributed by atoms with Crippen LogP contribution in [-0.2, 0) is 11.2 Å². The fourth-order valence-corrected chi connectivity index (χ4v) is 3.57. The van der Waals surface area contributed by atoms with Crippen molar-refractivity contribution >= 4 is 29.1 Å². The molecule has 0 spiro atoms. The van der Waals surface area contributed by atoms with Crippen molar-refractivity contribution in [2.24, 2.45) is 0 Å². The van der Waals surface area contributed by atoms with Crippen molar-refractivity contribution in [2.75, 3.05) is 17.7 Å². The Morgan fingerprint density at radius 2 is 1.53 bits per heavy atom. The predicted molar refractivity (Wildman–Crippen MR) is 136 cm³/mol. The Balaban J connectivity index is 1.44. The van der Waals surface area contributed by atoms with E-state index in [4.69, 9.17) is 9.15 Å². The molecule has 1 aromatic heterocycles. The minimum absolute atomic E-state index is 0.117. The van der Waals surface area contributed by atoms with Gasteiger partial charge < -0.3 is 25.1 Å². The van der Waals surface area contributed by atoms with E-state index >= 15 is 0 Å². The summed E-state index contributed by atoms with van der Waals surface area (Å²) in [6.45, 7) is 0. The fourth-order valence-electron chi connectivity index (χ4n) is 3.57. The molecule has 0 saturated carbocycles. The molecule has 3 aromatic carbocycles. The summed E-state index contributed by atoms with van der Waals surface area (Å²) in [6, 6.07) is 25.2. The van der Waals surface area contributed by atoms with Gasteiger partial charge in [-0.15, -0.1) is 0 Å². The molecule has 0 radical (unpaired) electrons. The molecule has 1 heterocycles. The minimum atomic E-state index is -0.849. The number of carbonyl (C=O) groups excluding carboxylic acids is 3. The second-order valence-corrected chi connectivity index (χ2v) is 7.91. The van der Waals surface area contributed by atoms with Crippen LogP contribution in [0.4, 0.5) is 11.4 Å². The normalized spacial score (nSPS) is 11.2. The molecule has 8 heteroatoms. The molecule has 1 unspecified atom stereocenters. The summed E-state index contributed by atoms with van der Waals surface area (Å²) in [6.07, 6.45) is 1.69. The second kappa shape index (κ2) is 11.5. The summed E-state index contributed by atoms with van der Waals surface area (Å²) in [5.41, 5.74) is 2.34. The summed E-state index contributed by atoms with van der Waals surface area (Å²) >= 11 is 0. The molecule has 0 bridgehead atoms. The van der Waals surface area contributed by atoms with Crippen LogP contribution < -0.4 is 20.7 Å². The van der Waals surface area contributed by atoms with Crippen molar-refractivity contribution in [2.45, 2.75) is 12.5 Å². The molecule has 4 aromatic rings. The summed E-state index contributed by atoms with van der Waals surface area (Å²) in [5, 5.41) is 8.36. The molecule has 0 saturated heterocycles. The summed E-state index contributed by atoms with van der Waals surface area (Å²) in [5.74, 6) is -0.531. The number of ether oxygens (including phenoxy) is 1. The molecule has 4 rings (SSSR count). The van der Waals surface area contributed by atoms with Crippen molar-refractivity contribution in [3.05, 3.63) is 114 Å². The second-order valence-electron chi connectivity index (χ2n) is 7.91. The number of para-hydroxylation sites is 2. The summed E-state index contributed by atoms with van der Waals surface area (Å²) in [7, 11) is 1.53. The Labute approximate surface area is 208 Å². The van der Waals surface area contributed by atoms with Gasteiger partial charge in [0.05, 0.1) is 19.1 Å². The molecule has 0 aliphatic heterocycles. The zero-order valence-corrected chi connectivity index (χ0v) is 19.6. The predicted octanol–water partition coefficient (Wildman–Crippen LogP) is 4.52. The molecule has 1 atom stereocenters. The van der Waals surface area contributed by atoms with Crippen molar-refractivity contribution < 1.29 is 23.5 Å². The summed E-state index contributed by atoms with van der Waals surface area (Å²) in [4.78, 5) is 38.3. The summed E-state index contributed by atoms with van der Waals surface area (Å²) < 4.78 is 10.4. The quantitative estimate of drug-likeness (QED) is 0.324. The molecule has 3 N–H and O–H groups in total. The molecular weight excluding hydrogens is 458 g/mol. The Morgan fingerprint density at radius 3 is 2.22 bits per heavy atom. The maximum Gasteiger partial charge on any atom is 0.287 e. The molecule has 36 heavy (non-hydrogen) atoms. The first-order valence-electron chi connectivity index (χ1n) is 11.3. The Bertz CT molecular complexity index is 1320. The van der Waals surface area contributed by atoms with Gasteiger partial charge >= 0.3 is 0 Å². The maximum absolute atomic E-state index is 13.1. The first-order chi connectivity index (χ1) is 17.5. The van der Waals surface area contributed by atoms with E-state index in [-0.39, 0.29) is 11.7 Å². The standard InChI is InChI=1S/C28H25N3O5/c1-35-24-11-6-5-10-22(24)30-26(32)20-13-15-21(16-14-20)29-27(33)23(18-19-8-3-2-4-9-19)31-28(34)25-12-7-17-36-25/h2-17,23H,18H2,1H3,(H,29,33)(H,30,32)(H,31,34). The van der Waals surface area contributed by atoms with Gasteiger partial charge in [0, 0.05) is 17.7 Å². The number of nitrogens with one attached hydrogen (secondary N) is 3. The van der Waals surface area contributed by atoms with Crippen molar-refractivity contribution in [3.8, 4) is 5.75 Å². The average molecular weight is 484 g/mol. The number of carbonyl (C=O) groups is 3. The number of amides is 3. The maximum atomic E-state index is 13.1. The SMILES string of the molecule is COc1ccccc1NC(=O)c1ccc(NC(=O)C(Cc2ccccc2)NC(=O)c2ccco2)cc1. The van der Waals surface area contributed by atoms with E-state index in [0.29, 0.717) is 29.1 Å². The van der Waals surface area contributed by atoms with Crippen LogP contribution in [0.1, 0.15) is 26.5 Å². The highest BCUT2D eigenvalue weighted by molar-refractivity contribution is 6.05. The van der Waals surface area contributed by atoms with Gasteiger partial charge in [0.1, 0.15) is 11.8 Å². The van der Waals surface area contributed by atoms with Gasteiger partial charge in [-0.3, -0.25) is 14.4 Å². The number of hydrogen-bond donors (Lipinski definition) is 3. The van der Waals surface area contributed by atoms with Crippen LogP contribution in [0.15, 0.2) is 102 Å². The number of benzene rings is 3. The topological polar surface area (TPSA) is 110 Å². The lowest BCUT2D eigenvalue weighted by molar-refractivity contribution is -0.118. The van der Waals surface area contributed by atoms with E-state index in [9.17, 15) is 14.4 Å². The number of hydrogen-bond acceptors (Lipinski definition) is 5. The van der Waals surface area contributed by atoms with Gasteiger partial charge in [-0.05, 0) is 54.1 Å². The van der Waals surface area contributed by atoms with Crippen molar-refractivity contribution in [1.29, 1.82) is 0 Å². The third-order valence-corrected chi connectivity index (χ3v) is 5.42. The zero-order valence-electron chi connectivity index (χ0n) is 19.6. The van der Waals surface area contributed by atoms with Gasteiger partial charge in [0.25, 0.3) is 11.8 Å². The lowest BCUT2D eigenvalue weighted by atomic mass is 10.0. The molecule has 182 valence electrons. The van der Waals surface area contributed by atoms with Gasteiger partial charge in [0.15, 0.2) is 5.76 Å². The van der Waals surface area contributed by atoms with Crippen LogP contribution in [0.3, 0.4) is 0 Å². The highest BCUT2D eigenvalue weighted by Crippen LogP contribution is 2.24. The number of methoxy groups -OCH3 is 1. The van der Waals surface area contributed by atoms with E-state index in [0.717, 1.165) is 5.56 Å². The van der Waals surface area contributed by atoms with Crippen molar-refractivity contribution in [3.63, 3.8) is 0 Å². The lowest BCUT2D eigenvalue weighted by Gasteiger charge is -2.18. The first-order valence-corrected chi connectivity index (χ1v) is 11.3. The van der Waals surface area contributed by atoms with Gasteiger partial charge in [-0.2, -0.15) is 0 Å². The van der Waals surface area contributed by atoms with E-state index in [1.165, 1.54) is 19.4 Å². The Hall–Kier alpha value is -4.85. The Kier molecular flexibility index (Phi) is 7.77. The minimum Gasteiger partial charge on any atom is -0.495 e. The van der Waals surface area contributed by atoms with Gasteiger partial charge in [0.2, 0.25) is 5.91 Å². The van der Waals surface area contributed by atoms with Crippen LogP contribution in [0.25, 0.3) is 0 Å². The van der Waals surface area contributed by atoms with Gasteiger partial charge in [-0.25, -0.2) is 0 Å². The molecule has 0 fully saturated rings. The lowest BCUT2D eigenvalue weighted by Crippen LogP contribution is -2.45. The highest BCUT2D eigenvalue weighted by atomic mass is 16.5. The van der Waals surface area contributed by atoms with Crippen LogP contribution >= 0.6 is 0 Å². The fraction of sp³-hybridized carbons (Fsp3) is 0.107. The Morgan fingerprint density at radius 1 is 0.806 bits per heavy atom. The van der Waals surface area contributed by atoms with Gasteiger partial charge in [-0.1, -0.05) is 42.5 Å². The average Bonchev–Trinajstić information content (AvgIpc) is 3.45. The van der Waals surface area contributed by atoms with Crippen LogP contribution in [0.5, 0.6) is 5.75 Å². The molecule has 3 amide bonds. The number of rotatable bonds is 9. The zero-order chi connectivity index (χ0) is 25.3. The van der Waals surface area contributed by atoms with Crippen molar-refractivity contribution in [1.82, 2.24) is 5.32 Å². The molecule has 0 aliphatic carbocycles. The highest BCUT2D eigenvalue weighted by Gasteiger charge is 2.23. The van der Waals surface area contributed by atoms with E-state index in [2.05, 4.69) is 16.0 Å². The molecule has 0 aliphatic rings. The van der Waals surface area contributed by atoms with E-state index < -0.39 is 17.9 Å².